The summed E-state index contributed by atoms with van der Waals surface area (Å²) in [6.07, 6.45) is 3.62. The maximum atomic E-state index is 11.0. The average Bonchev–Trinajstić information content (AvgIpc) is 2.38. The zero-order chi connectivity index (χ0) is 13.8. The van der Waals surface area contributed by atoms with Crippen molar-refractivity contribution in [3.8, 4) is 0 Å². The number of hydrogen-bond acceptors (Lipinski definition) is 2. The van der Waals surface area contributed by atoms with E-state index in [0.29, 0.717) is 5.56 Å². The molecule has 2 aromatic rings. The van der Waals surface area contributed by atoms with Gasteiger partial charge in [-0.2, -0.15) is 0 Å². The van der Waals surface area contributed by atoms with Crippen molar-refractivity contribution in [2.75, 3.05) is 0 Å². The van der Waals surface area contributed by atoms with Gasteiger partial charge in [-0.3, -0.25) is 10.1 Å². The molecular weight excluding hydrogens is 306 g/mol. The van der Waals surface area contributed by atoms with Crippen LogP contribution in [0.1, 0.15) is 16.7 Å². The lowest BCUT2D eigenvalue weighted by Gasteiger charge is -2.00. The van der Waals surface area contributed by atoms with Gasteiger partial charge < -0.3 is 0 Å². The highest BCUT2D eigenvalue weighted by atomic mass is 79.9. The van der Waals surface area contributed by atoms with E-state index in [-0.39, 0.29) is 10.6 Å². The maximum Gasteiger partial charge on any atom is 0.276 e. The summed E-state index contributed by atoms with van der Waals surface area (Å²) in [6.45, 7) is 1.84. The molecule has 0 spiro atoms. The van der Waals surface area contributed by atoms with Gasteiger partial charge in [0.15, 0.2) is 0 Å². The normalized spacial score (nSPS) is 10.8. The third-order valence-corrected chi connectivity index (χ3v) is 3.45. The predicted octanol–water partition coefficient (Wildman–Crippen LogP) is 4.84. The fourth-order valence-corrected chi connectivity index (χ4v) is 2.16. The molecule has 0 amide bonds. The van der Waals surface area contributed by atoms with Crippen LogP contribution in [0.2, 0.25) is 0 Å². The van der Waals surface area contributed by atoms with E-state index in [9.17, 15) is 10.1 Å². The summed E-state index contributed by atoms with van der Waals surface area (Å²) in [5.74, 6) is 0. The second kappa shape index (κ2) is 5.80. The van der Waals surface area contributed by atoms with Gasteiger partial charge in [-0.05, 0) is 36.3 Å². The molecule has 0 saturated heterocycles. The molecule has 3 nitrogen and oxygen atoms in total. The maximum absolute atomic E-state index is 11.0. The molecule has 19 heavy (non-hydrogen) atoms. The van der Waals surface area contributed by atoms with Crippen molar-refractivity contribution >= 4 is 33.8 Å². The number of nitrogens with zero attached hydrogens (tertiary/aromatic N) is 1. The van der Waals surface area contributed by atoms with Gasteiger partial charge in [0.1, 0.15) is 0 Å². The van der Waals surface area contributed by atoms with Gasteiger partial charge in [-0.25, -0.2) is 0 Å². The first kappa shape index (κ1) is 13.5. The van der Waals surface area contributed by atoms with Crippen molar-refractivity contribution in [1.82, 2.24) is 0 Å². The number of benzene rings is 2. The molecule has 2 rings (SSSR count). The largest absolute Gasteiger partial charge is 0.276 e. The lowest BCUT2D eigenvalue weighted by atomic mass is 10.1. The molecule has 0 aliphatic rings. The van der Waals surface area contributed by atoms with E-state index >= 15 is 0 Å². The zero-order valence-electron chi connectivity index (χ0n) is 10.3. The predicted molar refractivity (Wildman–Crippen MR) is 80.9 cm³/mol. The van der Waals surface area contributed by atoms with Crippen LogP contribution < -0.4 is 0 Å². The van der Waals surface area contributed by atoms with Gasteiger partial charge in [0.25, 0.3) is 5.69 Å². The Morgan fingerprint density at radius 3 is 2.47 bits per heavy atom. The number of halogens is 1. The summed E-state index contributed by atoms with van der Waals surface area (Å²) in [7, 11) is 0. The van der Waals surface area contributed by atoms with Crippen molar-refractivity contribution in [2.24, 2.45) is 0 Å². The summed E-state index contributed by atoms with van der Waals surface area (Å²) in [5, 5.41) is 11.0. The van der Waals surface area contributed by atoms with Crippen molar-refractivity contribution in [3.05, 3.63) is 73.7 Å². The van der Waals surface area contributed by atoms with E-state index in [2.05, 4.69) is 15.9 Å². The Bertz CT molecular complexity index is 650. The standard InChI is InChI=1S/C15H12BrNO2/c1-11-6-7-13(15(10-11)17(18)19)9-8-12-4-2-3-5-14(12)16/h2-10H,1H3. The van der Waals surface area contributed by atoms with Crippen LogP contribution in [0.15, 0.2) is 46.9 Å². The first-order valence-corrected chi connectivity index (χ1v) is 6.55. The molecule has 0 saturated carbocycles. The minimum atomic E-state index is -0.354. The molecule has 0 aliphatic carbocycles. The molecule has 4 heteroatoms. The Morgan fingerprint density at radius 2 is 1.79 bits per heavy atom. The van der Waals surface area contributed by atoms with E-state index in [1.54, 1.807) is 18.2 Å². The molecule has 0 unspecified atom stereocenters. The SMILES string of the molecule is Cc1ccc(C=Cc2ccccc2Br)c([N+](=O)[O-])c1. The topological polar surface area (TPSA) is 43.1 Å². The Balaban J connectivity index is 2.39. The summed E-state index contributed by atoms with van der Waals surface area (Å²) < 4.78 is 0.959. The third-order valence-electron chi connectivity index (χ3n) is 2.73. The number of hydrogen-bond donors (Lipinski definition) is 0. The lowest BCUT2D eigenvalue weighted by molar-refractivity contribution is -0.385. The second-order valence-corrected chi connectivity index (χ2v) is 5.03. The molecule has 0 atom stereocenters. The van der Waals surface area contributed by atoms with Crippen LogP contribution in [-0.2, 0) is 0 Å². The Labute approximate surface area is 119 Å². The minimum Gasteiger partial charge on any atom is -0.258 e. The zero-order valence-corrected chi connectivity index (χ0v) is 11.9. The van der Waals surface area contributed by atoms with Crippen LogP contribution >= 0.6 is 15.9 Å². The van der Waals surface area contributed by atoms with E-state index in [1.807, 2.05) is 43.3 Å². The summed E-state index contributed by atoms with van der Waals surface area (Å²) >= 11 is 3.44. The highest BCUT2D eigenvalue weighted by Crippen LogP contribution is 2.24. The van der Waals surface area contributed by atoms with Gasteiger partial charge in [-0.15, -0.1) is 0 Å². The van der Waals surface area contributed by atoms with E-state index in [0.717, 1.165) is 15.6 Å². The summed E-state index contributed by atoms with van der Waals surface area (Å²) in [4.78, 5) is 10.7. The van der Waals surface area contributed by atoms with Gasteiger partial charge >= 0.3 is 0 Å². The highest BCUT2D eigenvalue weighted by molar-refractivity contribution is 9.10. The Hall–Kier alpha value is -1.94. The van der Waals surface area contributed by atoms with E-state index < -0.39 is 0 Å². The minimum absolute atomic E-state index is 0.128. The van der Waals surface area contributed by atoms with Crippen LogP contribution in [-0.4, -0.2) is 4.92 Å². The van der Waals surface area contributed by atoms with Crippen molar-refractivity contribution in [1.29, 1.82) is 0 Å². The number of rotatable bonds is 3. The molecule has 0 radical (unpaired) electrons. The van der Waals surface area contributed by atoms with Crippen LogP contribution in [0, 0.1) is 17.0 Å². The quantitative estimate of drug-likeness (QED) is 0.462. The molecule has 96 valence electrons. The smallest absolute Gasteiger partial charge is 0.258 e. The molecule has 0 aliphatic heterocycles. The molecule has 2 aromatic carbocycles. The van der Waals surface area contributed by atoms with Crippen molar-refractivity contribution in [3.63, 3.8) is 0 Å². The fraction of sp³-hybridized carbons (Fsp3) is 0.0667. The van der Waals surface area contributed by atoms with Crippen LogP contribution in [0.5, 0.6) is 0 Å². The van der Waals surface area contributed by atoms with Gasteiger partial charge in [0.2, 0.25) is 0 Å². The second-order valence-electron chi connectivity index (χ2n) is 4.17. The van der Waals surface area contributed by atoms with Crippen LogP contribution in [0.25, 0.3) is 12.2 Å². The average molecular weight is 318 g/mol. The van der Waals surface area contributed by atoms with Gasteiger partial charge in [-0.1, -0.05) is 46.3 Å². The lowest BCUT2D eigenvalue weighted by Crippen LogP contribution is -1.92. The van der Waals surface area contributed by atoms with E-state index in [4.69, 9.17) is 0 Å². The molecule has 0 heterocycles. The van der Waals surface area contributed by atoms with Crippen LogP contribution in [0.4, 0.5) is 5.69 Å². The monoisotopic (exact) mass is 317 g/mol. The molecule has 0 bridgehead atoms. The van der Waals surface area contributed by atoms with Crippen molar-refractivity contribution < 1.29 is 4.92 Å². The Kier molecular flexibility index (Phi) is 4.12. The highest BCUT2D eigenvalue weighted by Gasteiger charge is 2.11. The Morgan fingerprint density at radius 1 is 1.11 bits per heavy atom. The molecule has 0 aromatic heterocycles. The first-order chi connectivity index (χ1) is 9.08. The number of nitro benzene ring substituents is 1. The van der Waals surface area contributed by atoms with E-state index in [1.165, 1.54) is 0 Å². The molecule has 0 fully saturated rings. The summed E-state index contributed by atoms with van der Waals surface area (Å²) in [6, 6.07) is 12.9. The first-order valence-electron chi connectivity index (χ1n) is 5.75. The number of aryl methyl sites for hydroxylation is 1. The number of nitro groups is 1. The molecular formula is C15H12BrNO2. The van der Waals surface area contributed by atoms with Gasteiger partial charge in [0, 0.05) is 10.5 Å². The van der Waals surface area contributed by atoms with Gasteiger partial charge in [0.05, 0.1) is 10.5 Å². The summed E-state index contributed by atoms with van der Waals surface area (Å²) in [5.41, 5.74) is 2.59. The third kappa shape index (κ3) is 3.29. The van der Waals surface area contributed by atoms with Crippen LogP contribution in [0.3, 0.4) is 0 Å². The fourth-order valence-electron chi connectivity index (χ4n) is 1.74. The molecule has 0 N–H and O–H groups in total. The van der Waals surface area contributed by atoms with Crippen molar-refractivity contribution in [2.45, 2.75) is 6.92 Å².